The number of aliphatic imine (C=N–C) groups is 1. The number of hydrogen-bond donors (Lipinski definition) is 1. The van der Waals surface area contributed by atoms with Crippen molar-refractivity contribution in [3.05, 3.63) is 53.4 Å². The second-order valence-electron chi connectivity index (χ2n) is 6.02. The Morgan fingerprint density at radius 2 is 2.12 bits per heavy atom. The van der Waals surface area contributed by atoms with E-state index in [1.54, 1.807) is 25.1 Å². The van der Waals surface area contributed by atoms with Gasteiger partial charge in [0.05, 0.1) is 5.03 Å². The average molecular weight is 377 g/mol. The number of carbonyl (C=O) groups excluding carboxylic acids is 1. The third-order valence-corrected chi connectivity index (χ3v) is 4.27. The van der Waals surface area contributed by atoms with Gasteiger partial charge in [-0.1, -0.05) is 24.2 Å². The highest BCUT2D eigenvalue weighted by Gasteiger charge is 2.17. The smallest absolute Gasteiger partial charge is 0.270 e. The van der Waals surface area contributed by atoms with Gasteiger partial charge in [0.1, 0.15) is 23.1 Å². The van der Waals surface area contributed by atoms with Gasteiger partial charge in [0.25, 0.3) is 5.91 Å². The quantitative estimate of drug-likeness (QED) is 0.620. The Morgan fingerprint density at radius 1 is 1.42 bits per heavy atom. The summed E-state index contributed by atoms with van der Waals surface area (Å²) in [6.45, 7) is 6.70. The number of nitrogens with one attached hydrogen (secondary N) is 1. The van der Waals surface area contributed by atoms with E-state index in [1.165, 1.54) is 12.3 Å². The normalized spacial score (nSPS) is 16.4. The predicted molar refractivity (Wildman–Crippen MR) is 105 cm³/mol. The van der Waals surface area contributed by atoms with Crippen molar-refractivity contribution in [3.8, 4) is 0 Å². The lowest BCUT2D eigenvalue weighted by atomic mass is 10.0. The summed E-state index contributed by atoms with van der Waals surface area (Å²) in [5, 5.41) is 2.94. The number of nitrogens with zero attached hydrogens (tertiary/aromatic N) is 3. The molecule has 0 bridgehead atoms. The van der Waals surface area contributed by atoms with E-state index in [0.717, 1.165) is 18.7 Å². The lowest BCUT2D eigenvalue weighted by molar-refractivity contribution is -0.110. The molecule has 0 saturated carbocycles. The number of pyridine rings is 1. The summed E-state index contributed by atoms with van der Waals surface area (Å²) in [5.41, 5.74) is 1.19. The van der Waals surface area contributed by atoms with Gasteiger partial charge in [-0.15, -0.1) is 0 Å². The van der Waals surface area contributed by atoms with E-state index in [9.17, 15) is 9.18 Å². The first kappa shape index (κ1) is 20.0. The molecule has 1 aromatic rings. The molecule has 1 fully saturated rings. The topological polar surface area (TPSA) is 57.6 Å². The maximum Gasteiger partial charge on any atom is 0.270 e. The van der Waals surface area contributed by atoms with Crippen molar-refractivity contribution in [2.24, 2.45) is 4.99 Å². The number of allylic oxidation sites excluding steroid dienone is 2. The van der Waals surface area contributed by atoms with Crippen LogP contribution in [0.3, 0.4) is 0 Å². The van der Waals surface area contributed by atoms with E-state index < -0.39 is 5.91 Å². The van der Waals surface area contributed by atoms with E-state index >= 15 is 0 Å². The third-order valence-electron chi connectivity index (χ3n) is 4.02. The molecular weight excluding hydrogens is 355 g/mol. The minimum atomic E-state index is -0.438. The molecule has 1 saturated heterocycles. The van der Waals surface area contributed by atoms with E-state index in [0.29, 0.717) is 17.9 Å². The SMILES string of the molecule is C=C/C(Cl)=C\N=C(C)C(=O)Nc1cccc(C(F)=C2CCN(C)CC2)n1. The molecule has 2 heterocycles. The van der Waals surface area contributed by atoms with Crippen molar-refractivity contribution in [1.82, 2.24) is 9.88 Å². The molecule has 138 valence electrons. The van der Waals surface area contributed by atoms with Gasteiger partial charge in [-0.3, -0.25) is 9.79 Å². The van der Waals surface area contributed by atoms with Crippen LogP contribution < -0.4 is 5.32 Å². The zero-order valence-corrected chi connectivity index (χ0v) is 15.7. The highest BCUT2D eigenvalue weighted by Crippen LogP contribution is 2.27. The van der Waals surface area contributed by atoms with E-state index in [4.69, 9.17) is 11.6 Å². The average Bonchev–Trinajstić information content (AvgIpc) is 2.65. The number of rotatable bonds is 5. The van der Waals surface area contributed by atoms with Gasteiger partial charge in [0, 0.05) is 19.3 Å². The lowest BCUT2D eigenvalue weighted by Gasteiger charge is -2.24. The number of halogens is 2. The molecule has 1 aliphatic heterocycles. The molecule has 5 nitrogen and oxygen atoms in total. The number of amides is 1. The minimum Gasteiger partial charge on any atom is -0.306 e. The van der Waals surface area contributed by atoms with Crippen LogP contribution in [0.15, 0.2) is 52.7 Å². The highest BCUT2D eigenvalue weighted by atomic mass is 35.5. The molecule has 1 N–H and O–H groups in total. The number of aromatic nitrogens is 1. The first-order valence-electron chi connectivity index (χ1n) is 8.28. The second kappa shape index (κ2) is 9.40. The van der Waals surface area contributed by atoms with Gasteiger partial charge in [-0.2, -0.15) is 0 Å². The summed E-state index contributed by atoms with van der Waals surface area (Å²) in [6.07, 6.45) is 4.11. The van der Waals surface area contributed by atoms with Crippen LogP contribution >= 0.6 is 11.6 Å². The third kappa shape index (κ3) is 5.61. The van der Waals surface area contributed by atoms with Gasteiger partial charge in [0.15, 0.2) is 0 Å². The molecule has 0 aliphatic carbocycles. The van der Waals surface area contributed by atoms with Gasteiger partial charge >= 0.3 is 0 Å². The first-order chi connectivity index (χ1) is 12.4. The summed E-state index contributed by atoms with van der Waals surface area (Å²) >= 11 is 5.75. The maximum atomic E-state index is 14.7. The molecule has 0 radical (unpaired) electrons. The summed E-state index contributed by atoms with van der Waals surface area (Å²) in [5.74, 6) is -0.475. The molecule has 0 aromatic carbocycles. The maximum absolute atomic E-state index is 14.7. The molecule has 0 spiro atoms. The fraction of sp³-hybridized carbons (Fsp3) is 0.316. The largest absolute Gasteiger partial charge is 0.306 e. The Kier molecular flexibility index (Phi) is 7.24. The number of piperidine rings is 1. The molecule has 1 aliphatic rings. The number of carbonyl (C=O) groups is 1. The Bertz CT molecular complexity index is 775. The first-order valence-corrected chi connectivity index (χ1v) is 8.66. The zero-order chi connectivity index (χ0) is 19.1. The van der Waals surface area contributed by atoms with Gasteiger partial charge < -0.3 is 10.2 Å². The van der Waals surface area contributed by atoms with Crippen LogP contribution in [0.5, 0.6) is 0 Å². The van der Waals surface area contributed by atoms with Crippen LogP contribution in [0, 0.1) is 0 Å². The monoisotopic (exact) mass is 376 g/mol. The number of likely N-dealkylation sites (tertiary alicyclic amines) is 1. The van der Waals surface area contributed by atoms with Crippen LogP contribution in [0.25, 0.3) is 5.83 Å². The molecule has 26 heavy (non-hydrogen) atoms. The molecule has 1 aromatic heterocycles. The van der Waals surface area contributed by atoms with Crippen LogP contribution in [0.2, 0.25) is 0 Å². The van der Waals surface area contributed by atoms with Crippen molar-refractivity contribution < 1.29 is 9.18 Å². The molecule has 2 rings (SSSR count). The highest BCUT2D eigenvalue weighted by molar-refractivity contribution is 6.42. The molecular formula is C19H22ClFN4O. The summed E-state index contributed by atoms with van der Waals surface area (Å²) < 4.78 is 14.7. The van der Waals surface area contributed by atoms with E-state index in [1.807, 2.05) is 7.05 Å². The molecule has 1 amide bonds. The molecule has 0 atom stereocenters. The number of anilines is 1. The Labute approximate surface area is 158 Å². The standard InChI is InChI=1S/C19H22ClFN4O/c1-4-15(20)12-22-13(2)19(26)24-17-7-5-6-16(23-17)18(21)14-8-10-25(3)11-9-14/h4-7,12H,1,8-11H2,2-3H3,(H,23,24,26)/b15-12+,22-13?. The van der Waals surface area contributed by atoms with Crippen molar-refractivity contribution in [3.63, 3.8) is 0 Å². The summed E-state index contributed by atoms with van der Waals surface area (Å²) in [4.78, 5) is 22.5. The van der Waals surface area contributed by atoms with Crippen molar-refractivity contribution in [1.29, 1.82) is 0 Å². The van der Waals surface area contributed by atoms with Crippen LogP contribution in [-0.4, -0.2) is 41.6 Å². The molecule has 7 heteroatoms. The summed E-state index contributed by atoms with van der Waals surface area (Å²) in [7, 11) is 2.02. The summed E-state index contributed by atoms with van der Waals surface area (Å²) in [6, 6.07) is 4.87. The minimum absolute atomic E-state index is 0.200. The number of hydrogen-bond acceptors (Lipinski definition) is 4. The van der Waals surface area contributed by atoms with Crippen molar-refractivity contribution >= 4 is 34.9 Å². The Balaban J connectivity index is 2.13. The Morgan fingerprint density at radius 3 is 2.77 bits per heavy atom. The second-order valence-corrected chi connectivity index (χ2v) is 6.45. The van der Waals surface area contributed by atoms with Crippen LogP contribution in [0.1, 0.15) is 25.5 Å². The fourth-order valence-electron chi connectivity index (χ4n) is 2.39. The zero-order valence-electron chi connectivity index (χ0n) is 14.9. The predicted octanol–water partition coefficient (Wildman–Crippen LogP) is 4.15. The lowest BCUT2D eigenvalue weighted by Crippen LogP contribution is -2.26. The van der Waals surface area contributed by atoms with Crippen LogP contribution in [-0.2, 0) is 4.79 Å². The molecule has 0 unspecified atom stereocenters. The Hall–Kier alpha value is -2.31. The fourth-order valence-corrected chi connectivity index (χ4v) is 2.44. The van der Waals surface area contributed by atoms with Gasteiger partial charge in [0.2, 0.25) is 0 Å². The van der Waals surface area contributed by atoms with E-state index in [-0.39, 0.29) is 23.1 Å². The van der Waals surface area contributed by atoms with Crippen LogP contribution in [0.4, 0.5) is 10.2 Å². The van der Waals surface area contributed by atoms with Crippen molar-refractivity contribution in [2.45, 2.75) is 19.8 Å². The van der Waals surface area contributed by atoms with E-state index in [2.05, 4.69) is 26.8 Å². The van der Waals surface area contributed by atoms with Gasteiger partial charge in [-0.25, -0.2) is 9.37 Å². The van der Waals surface area contributed by atoms with Crippen molar-refractivity contribution in [2.75, 3.05) is 25.5 Å². The van der Waals surface area contributed by atoms with Gasteiger partial charge in [-0.05, 0) is 50.6 Å².